The van der Waals surface area contributed by atoms with Crippen LogP contribution in [0.3, 0.4) is 0 Å². The van der Waals surface area contributed by atoms with Crippen molar-refractivity contribution in [3.05, 3.63) is 87.7 Å². The number of halogens is 3. The van der Waals surface area contributed by atoms with Crippen LogP contribution >= 0.6 is 23.2 Å². The van der Waals surface area contributed by atoms with Gasteiger partial charge in [0.15, 0.2) is 0 Å². The molecule has 6 amide bonds. The first-order valence-corrected chi connectivity index (χ1v) is 24.0. The van der Waals surface area contributed by atoms with Crippen LogP contribution < -0.4 is 31.5 Å². The van der Waals surface area contributed by atoms with Gasteiger partial charge in [-0.3, -0.25) is 34.1 Å². The van der Waals surface area contributed by atoms with Gasteiger partial charge in [0.25, 0.3) is 0 Å². The van der Waals surface area contributed by atoms with Gasteiger partial charge in [-0.25, -0.2) is 4.39 Å². The summed E-state index contributed by atoms with van der Waals surface area (Å²) in [5.41, 5.74) is 6.77. The molecular formula is C50H64Cl2FN7O6. The molecule has 0 bridgehead atoms. The molecule has 3 atom stereocenters. The molecular weight excluding hydrogens is 884 g/mol. The van der Waals surface area contributed by atoms with E-state index in [-0.39, 0.29) is 46.5 Å². The molecule has 5 fully saturated rings. The van der Waals surface area contributed by atoms with Gasteiger partial charge in [0, 0.05) is 68.2 Å². The van der Waals surface area contributed by atoms with Crippen molar-refractivity contribution in [2.75, 3.05) is 48.8 Å². The van der Waals surface area contributed by atoms with E-state index in [1.165, 1.54) is 24.2 Å². The van der Waals surface area contributed by atoms with Gasteiger partial charge >= 0.3 is 0 Å². The Balaban J connectivity index is 0.000000208. The summed E-state index contributed by atoms with van der Waals surface area (Å²) in [7, 11) is 3.53. The maximum absolute atomic E-state index is 15.0. The summed E-state index contributed by atoms with van der Waals surface area (Å²) in [4.78, 5) is 76.3. The number of likely N-dealkylation sites (N-methyl/N-ethyl adjacent to an activating group) is 1. The van der Waals surface area contributed by atoms with Crippen LogP contribution in [0.4, 0.5) is 21.5 Å². The predicted octanol–water partition coefficient (Wildman–Crippen LogP) is 8.08. The maximum atomic E-state index is 15.0. The fraction of sp³-hybridized carbons (Fsp3) is 0.520. The Labute approximate surface area is 397 Å². The number of imide groups is 1. The molecule has 3 aliphatic heterocycles. The molecule has 0 aromatic heterocycles. The third-order valence-electron chi connectivity index (χ3n) is 14.8. The van der Waals surface area contributed by atoms with Gasteiger partial charge in [-0.1, -0.05) is 86.0 Å². The van der Waals surface area contributed by atoms with Crippen molar-refractivity contribution in [1.29, 1.82) is 0 Å². The molecule has 3 saturated heterocycles. The zero-order valence-corrected chi connectivity index (χ0v) is 39.8. The number of likely N-dealkylation sites (tertiary alicyclic amines) is 1. The molecule has 0 radical (unpaired) electrons. The minimum absolute atomic E-state index is 0.0877. The van der Waals surface area contributed by atoms with Gasteiger partial charge in [0.1, 0.15) is 11.9 Å². The second-order valence-corrected chi connectivity index (χ2v) is 19.3. The van der Waals surface area contributed by atoms with Crippen molar-refractivity contribution < 1.29 is 33.2 Å². The number of amides is 6. The Morgan fingerprint density at radius 3 is 2.20 bits per heavy atom. The molecule has 5 N–H and O–H groups in total. The third-order valence-corrected chi connectivity index (χ3v) is 15.3. The van der Waals surface area contributed by atoms with Crippen LogP contribution in [0.15, 0.2) is 60.7 Å². The normalized spacial score (nSPS) is 23.0. The number of piperidine rings is 2. The number of anilines is 3. The highest BCUT2D eigenvalue weighted by molar-refractivity contribution is 6.31. The lowest BCUT2D eigenvalue weighted by Crippen LogP contribution is -2.57. The summed E-state index contributed by atoms with van der Waals surface area (Å²) < 4.78 is 15.0. The molecule has 13 nitrogen and oxygen atoms in total. The van der Waals surface area contributed by atoms with Crippen LogP contribution in [0, 0.1) is 17.2 Å². The standard InChI is InChI=1S/C26H36N4O4.C23H25Cl2FN2O.CH3NO/c1-28(17-31)23-16-20(8-9-21(23)29(2)22-10-11-24(32)27-25(22)33)18-12-14-30(15-13-18)26(34)19-6-4-3-5-7-19;1-22(21(29)28-16-8-5-7-15(24)13-16)18(17-9-6-10-19(25)20(17)26)14-27-23(22)11-3-2-4-12-23;2-1-3/h8-9,16-19,22H,3-7,10-15H2,1-2H3,(H,27,32,33);5-10,13,18,27H,2-4,11-12,14H2,1H3,(H,28,29);1H,(H2,2,3). The summed E-state index contributed by atoms with van der Waals surface area (Å²) in [5.74, 6) is -0.559. The van der Waals surface area contributed by atoms with E-state index in [4.69, 9.17) is 28.0 Å². The molecule has 66 heavy (non-hydrogen) atoms. The second-order valence-electron chi connectivity index (χ2n) is 18.5. The SMILES string of the molecule is CC1(C(=O)Nc2cccc(Cl)c2)C(c2cccc(Cl)c2F)CNC12CCCCC2.CN(C=O)c1cc(C2CCN(C(=O)C3CCCCC3)CC2)ccc1N(C)C1CCC(=O)NC1=O.NC=O. The number of carbonyl (C=O) groups is 6. The van der Waals surface area contributed by atoms with Gasteiger partial charge in [0.05, 0.1) is 21.8 Å². The highest BCUT2D eigenvalue weighted by Crippen LogP contribution is 2.56. The Morgan fingerprint density at radius 1 is 0.879 bits per heavy atom. The lowest BCUT2D eigenvalue weighted by molar-refractivity contribution is -0.138. The van der Waals surface area contributed by atoms with Crippen molar-refractivity contribution in [3.8, 4) is 0 Å². The fourth-order valence-corrected chi connectivity index (χ4v) is 11.3. The van der Waals surface area contributed by atoms with Gasteiger partial charge in [-0.05, 0) is 105 Å². The molecule has 3 aromatic carbocycles. The molecule has 2 saturated carbocycles. The molecule has 8 rings (SSSR count). The zero-order chi connectivity index (χ0) is 47.6. The second kappa shape index (κ2) is 22.6. The summed E-state index contributed by atoms with van der Waals surface area (Å²) in [6, 6.07) is 17.8. The lowest BCUT2D eigenvalue weighted by Gasteiger charge is -2.47. The zero-order valence-electron chi connectivity index (χ0n) is 38.3. The minimum Gasteiger partial charge on any atom is -0.372 e. The molecule has 356 valence electrons. The molecule has 5 aliphatic rings. The Hall–Kier alpha value is -5.05. The third kappa shape index (κ3) is 11.0. The van der Waals surface area contributed by atoms with E-state index in [1.807, 2.05) is 37.1 Å². The van der Waals surface area contributed by atoms with Crippen molar-refractivity contribution in [2.45, 2.75) is 120 Å². The lowest BCUT2D eigenvalue weighted by atomic mass is 9.59. The van der Waals surface area contributed by atoms with E-state index in [0.29, 0.717) is 47.5 Å². The molecule has 3 aromatic rings. The van der Waals surface area contributed by atoms with Gasteiger partial charge in [0.2, 0.25) is 36.4 Å². The largest absolute Gasteiger partial charge is 0.372 e. The molecule has 1 spiro atoms. The van der Waals surface area contributed by atoms with E-state index >= 15 is 0 Å². The molecule has 3 heterocycles. The number of primary amides is 1. The average Bonchev–Trinajstić information content (AvgIpc) is 3.60. The van der Waals surface area contributed by atoms with Crippen molar-refractivity contribution in [1.82, 2.24) is 15.5 Å². The van der Waals surface area contributed by atoms with Gasteiger partial charge in [-0.15, -0.1) is 0 Å². The smallest absolute Gasteiger partial charge is 0.249 e. The van der Waals surface area contributed by atoms with Gasteiger partial charge < -0.3 is 31.1 Å². The van der Waals surface area contributed by atoms with Crippen LogP contribution in [-0.4, -0.2) is 86.7 Å². The first kappa shape index (κ1) is 50.4. The van der Waals surface area contributed by atoms with Crippen LogP contribution in [-0.2, 0) is 28.8 Å². The van der Waals surface area contributed by atoms with E-state index in [2.05, 4.69) is 32.7 Å². The van der Waals surface area contributed by atoms with Crippen molar-refractivity contribution in [3.63, 3.8) is 0 Å². The Bertz CT molecular complexity index is 2230. The first-order chi connectivity index (χ1) is 31.7. The van der Waals surface area contributed by atoms with Gasteiger partial charge in [-0.2, -0.15) is 0 Å². The van der Waals surface area contributed by atoms with E-state index in [9.17, 15) is 28.4 Å². The van der Waals surface area contributed by atoms with Crippen LogP contribution in [0.1, 0.15) is 120 Å². The maximum Gasteiger partial charge on any atom is 0.249 e. The number of nitrogens with zero attached hydrogens (tertiary/aromatic N) is 3. The number of nitrogens with one attached hydrogen (secondary N) is 3. The summed E-state index contributed by atoms with van der Waals surface area (Å²) in [6.45, 7) is 4.06. The Kier molecular flexibility index (Phi) is 17.3. The summed E-state index contributed by atoms with van der Waals surface area (Å²) >= 11 is 12.2. The summed E-state index contributed by atoms with van der Waals surface area (Å²) in [6.07, 6.45) is 14.3. The first-order valence-electron chi connectivity index (χ1n) is 23.3. The fourth-order valence-electron chi connectivity index (χ4n) is 11.0. The van der Waals surface area contributed by atoms with E-state index in [1.54, 1.807) is 43.4 Å². The number of hydrogen-bond donors (Lipinski definition) is 4. The highest BCUT2D eigenvalue weighted by atomic mass is 35.5. The van der Waals surface area contributed by atoms with Crippen LogP contribution in [0.25, 0.3) is 0 Å². The van der Waals surface area contributed by atoms with Crippen molar-refractivity contribution in [2.24, 2.45) is 17.1 Å². The molecule has 16 heteroatoms. The summed E-state index contributed by atoms with van der Waals surface area (Å²) in [5, 5.41) is 9.74. The minimum atomic E-state index is -0.832. The number of nitrogens with two attached hydrogens (primary N) is 1. The highest BCUT2D eigenvalue weighted by Gasteiger charge is 2.62. The quantitative estimate of drug-likeness (QED) is 0.123. The average molecular weight is 949 g/mol. The predicted molar refractivity (Wildman–Crippen MR) is 257 cm³/mol. The molecule has 3 unspecified atom stereocenters. The molecule has 2 aliphatic carbocycles. The Morgan fingerprint density at radius 2 is 1.55 bits per heavy atom. The van der Waals surface area contributed by atoms with E-state index < -0.39 is 17.3 Å². The van der Waals surface area contributed by atoms with Crippen LogP contribution in [0.2, 0.25) is 10.0 Å². The van der Waals surface area contributed by atoms with Crippen LogP contribution in [0.5, 0.6) is 0 Å². The van der Waals surface area contributed by atoms with Crippen molar-refractivity contribution >= 4 is 76.7 Å². The monoisotopic (exact) mass is 947 g/mol. The topological polar surface area (TPSA) is 174 Å². The number of carbonyl (C=O) groups excluding carboxylic acids is 6. The number of benzene rings is 3. The van der Waals surface area contributed by atoms with E-state index in [0.717, 1.165) is 94.2 Å². The number of hydrogen-bond acceptors (Lipinski definition) is 8. The number of rotatable bonds is 9.